The average Bonchev–Trinajstić information content (AvgIpc) is 2.76. The van der Waals surface area contributed by atoms with Crippen molar-refractivity contribution in [1.82, 2.24) is 4.98 Å². The summed E-state index contributed by atoms with van der Waals surface area (Å²) in [7, 11) is 1.39. The molecule has 0 radical (unpaired) electrons. The number of methoxy groups -OCH3 is 1. The van der Waals surface area contributed by atoms with Crippen LogP contribution in [0.5, 0.6) is 0 Å². The lowest BCUT2D eigenvalue weighted by Crippen LogP contribution is -2.01. The van der Waals surface area contributed by atoms with Crippen LogP contribution >= 0.6 is 11.8 Å². The monoisotopic (exact) mass is 266 g/mol. The molecule has 0 amide bonds. The molecule has 96 valence electrons. The number of nitrogens with zero attached hydrogens (tertiary/aromatic N) is 1. The number of carbonyl (C=O) groups is 1. The van der Waals surface area contributed by atoms with Crippen molar-refractivity contribution >= 4 is 34.5 Å². The molecule has 6 heteroatoms. The van der Waals surface area contributed by atoms with Gasteiger partial charge in [0.15, 0.2) is 5.58 Å². The highest BCUT2D eigenvalue weighted by atomic mass is 32.2. The standard InChI is InChI=1S/C12H14N2O3S/c1-16-12(15)4-5-18-7-11-14-9-6-8(13)2-3-10(9)17-11/h2-3,6H,4-5,7,13H2,1H3. The van der Waals surface area contributed by atoms with E-state index in [1.165, 1.54) is 7.11 Å². The molecule has 0 bridgehead atoms. The maximum Gasteiger partial charge on any atom is 0.306 e. The second kappa shape index (κ2) is 5.77. The van der Waals surface area contributed by atoms with Crippen LogP contribution < -0.4 is 5.73 Å². The second-order valence-electron chi connectivity index (χ2n) is 3.71. The van der Waals surface area contributed by atoms with Crippen LogP contribution in [0.3, 0.4) is 0 Å². The van der Waals surface area contributed by atoms with E-state index < -0.39 is 0 Å². The van der Waals surface area contributed by atoms with Crippen molar-refractivity contribution in [2.24, 2.45) is 0 Å². The number of fused-ring (bicyclic) bond motifs is 1. The van der Waals surface area contributed by atoms with Crippen LogP contribution in [0.2, 0.25) is 0 Å². The topological polar surface area (TPSA) is 78.3 Å². The largest absolute Gasteiger partial charge is 0.469 e. The first-order valence-electron chi connectivity index (χ1n) is 5.48. The molecule has 1 heterocycles. The molecule has 0 spiro atoms. The SMILES string of the molecule is COC(=O)CCSCc1nc2cc(N)ccc2o1. The molecule has 0 aliphatic rings. The molecule has 2 rings (SSSR count). The third-order valence-corrected chi connectivity index (χ3v) is 3.30. The van der Waals surface area contributed by atoms with Gasteiger partial charge in [-0.05, 0) is 18.2 Å². The number of nitrogen functional groups attached to an aromatic ring is 1. The zero-order valence-electron chi connectivity index (χ0n) is 10.0. The molecule has 18 heavy (non-hydrogen) atoms. The Morgan fingerprint density at radius 2 is 2.39 bits per heavy atom. The predicted molar refractivity (Wildman–Crippen MR) is 71.2 cm³/mol. The summed E-state index contributed by atoms with van der Waals surface area (Å²) in [4.78, 5) is 15.2. The summed E-state index contributed by atoms with van der Waals surface area (Å²) in [6.45, 7) is 0. The molecular weight excluding hydrogens is 252 g/mol. The minimum Gasteiger partial charge on any atom is -0.469 e. The Hall–Kier alpha value is -1.69. The predicted octanol–water partition coefficient (Wildman–Crippen LogP) is 2.21. The molecule has 1 aromatic carbocycles. The lowest BCUT2D eigenvalue weighted by molar-refractivity contribution is -0.140. The fraction of sp³-hybridized carbons (Fsp3) is 0.333. The summed E-state index contributed by atoms with van der Waals surface area (Å²) in [5, 5.41) is 0. The second-order valence-corrected chi connectivity index (χ2v) is 4.82. The molecule has 0 unspecified atom stereocenters. The highest BCUT2D eigenvalue weighted by Crippen LogP contribution is 2.21. The Balaban J connectivity index is 1.90. The molecular formula is C12H14N2O3S. The van der Waals surface area contributed by atoms with Crippen LogP contribution in [-0.2, 0) is 15.3 Å². The minimum absolute atomic E-state index is 0.201. The van der Waals surface area contributed by atoms with Crippen LogP contribution in [0.4, 0.5) is 5.69 Å². The number of nitrogens with two attached hydrogens (primary N) is 1. The van der Waals surface area contributed by atoms with Crippen molar-refractivity contribution in [2.45, 2.75) is 12.2 Å². The average molecular weight is 266 g/mol. The first-order chi connectivity index (χ1) is 8.69. The van der Waals surface area contributed by atoms with Crippen molar-refractivity contribution in [3.63, 3.8) is 0 Å². The van der Waals surface area contributed by atoms with Gasteiger partial charge >= 0.3 is 5.97 Å². The van der Waals surface area contributed by atoms with Gasteiger partial charge in [-0.3, -0.25) is 4.79 Å². The van der Waals surface area contributed by atoms with E-state index in [4.69, 9.17) is 10.2 Å². The molecule has 2 aromatic rings. The summed E-state index contributed by atoms with van der Waals surface area (Å²) < 4.78 is 10.1. The summed E-state index contributed by atoms with van der Waals surface area (Å²) in [6, 6.07) is 5.36. The fourth-order valence-corrected chi connectivity index (χ4v) is 2.22. The number of anilines is 1. The van der Waals surface area contributed by atoms with Gasteiger partial charge in [0.25, 0.3) is 0 Å². The van der Waals surface area contributed by atoms with Crippen LogP contribution in [-0.4, -0.2) is 23.8 Å². The molecule has 2 N–H and O–H groups in total. The van der Waals surface area contributed by atoms with Crippen molar-refractivity contribution < 1.29 is 13.9 Å². The van der Waals surface area contributed by atoms with Gasteiger partial charge in [-0.1, -0.05) is 0 Å². The maximum absolute atomic E-state index is 10.9. The molecule has 0 saturated carbocycles. The Morgan fingerprint density at radius 1 is 1.56 bits per heavy atom. The first kappa shape index (κ1) is 12.8. The Kier molecular flexibility index (Phi) is 4.09. The van der Waals surface area contributed by atoms with Gasteiger partial charge in [-0.15, -0.1) is 0 Å². The van der Waals surface area contributed by atoms with E-state index in [0.717, 1.165) is 11.1 Å². The van der Waals surface area contributed by atoms with E-state index >= 15 is 0 Å². The lowest BCUT2D eigenvalue weighted by atomic mass is 10.3. The molecule has 0 aliphatic heterocycles. The van der Waals surface area contributed by atoms with E-state index in [0.29, 0.717) is 29.5 Å². The van der Waals surface area contributed by atoms with Gasteiger partial charge in [-0.2, -0.15) is 11.8 Å². The zero-order chi connectivity index (χ0) is 13.0. The van der Waals surface area contributed by atoms with Crippen LogP contribution in [0.15, 0.2) is 22.6 Å². The number of carbonyl (C=O) groups excluding carboxylic acids is 1. The number of thioether (sulfide) groups is 1. The minimum atomic E-state index is -0.201. The summed E-state index contributed by atoms with van der Waals surface area (Å²) >= 11 is 1.58. The summed E-state index contributed by atoms with van der Waals surface area (Å²) in [6.07, 6.45) is 0.397. The Bertz CT molecular complexity index is 553. The molecule has 0 aliphatic carbocycles. The van der Waals surface area contributed by atoms with Crippen LogP contribution in [0.1, 0.15) is 12.3 Å². The number of hydrogen-bond acceptors (Lipinski definition) is 6. The van der Waals surface area contributed by atoms with E-state index in [2.05, 4.69) is 9.72 Å². The molecule has 1 aromatic heterocycles. The van der Waals surface area contributed by atoms with Gasteiger partial charge in [0.05, 0.1) is 19.3 Å². The van der Waals surface area contributed by atoms with E-state index in [-0.39, 0.29) is 5.97 Å². The molecule has 5 nitrogen and oxygen atoms in total. The van der Waals surface area contributed by atoms with Crippen molar-refractivity contribution in [3.8, 4) is 0 Å². The lowest BCUT2D eigenvalue weighted by Gasteiger charge is -1.97. The third-order valence-electron chi connectivity index (χ3n) is 2.36. The van der Waals surface area contributed by atoms with Crippen molar-refractivity contribution in [3.05, 3.63) is 24.1 Å². The maximum atomic E-state index is 10.9. The highest BCUT2D eigenvalue weighted by molar-refractivity contribution is 7.98. The van der Waals surface area contributed by atoms with E-state index in [1.54, 1.807) is 30.0 Å². The quantitative estimate of drug-likeness (QED) is 0.508. The number of hydrogen-bond donors (Lipinski definition) is 1. The van der Waals surface area contributed by atoms with Crippen molar-refractivity contribution in [1.29, 1.82) is 0 Å². The normalized spacial score (nSPS) is 10.7. The smallest absolute Gasteiger partial charge is 0.306 e. The zero-order valence-corrected chi connectivity index (χ0v) is 10.8. The van der Waals surface area contributed by atoms with Crippen molar-refractivity contribution in [2.75, 3.05) is 18.6 Å². The molecule has 0 atom stereocenters. The van der Waals surface area contributed by atoms with Gasteiger partial charge in [0.2, 0.25) is 5.89 Å². The van der Waals surface area contributed by atoms with Crippen LogP contribution in [0, 0.1) is 0 Å². The Morgan fingerprint density at radius 3 is 3.17 bits per heavy atom. The number of ether oxygens (including phenoxy) is 1. The van der Waals surface area contributed by atoms with E-state index in [1.807, 2.05) is 0 Å². The third kappa shape index (κ3) is 3.16. The van der Waals surface area contributed by atoms with Gasteiger partial charge in [-0.25, -0.2) is 4.98 Å². The van der Waals surface area contributed by atoms with Gasteiger partial charge in [0.1, 0.15) is 5.52 Å². The number of rotatable bonds is 5. The number of benzene rings is 1. The summed E-state index contributed by atoms with van der Waals surface area (Å²) in [5.74, 6) is 1.76. The number of esters is 1. The summed E-state index contributed by atoms with van der Waals surface area (Å²) in [5.41, 5.74) is 7.82. The van der Waals surface area contributed by atoms with E-state index in [9.17, 15) is 4.79 Å². The van der Waals surface area contributed by atoms with Gasteiger partial charge in [0, 0.05) is 11.4 Å². The van der Waals surface area contributed by atoms with Crippen LogP contribution in [0.25, 0.3) is 11.1 Å². The fourth-order valence-electron chi connectivity index (χ4n) is 1.47. The highest BCUT2D eigenvalue weighted by Gasteiger charge is 2.06. The number of oxazole rings is 1. The first-order valence-corrected chi connectivity index (χ1v) is 6.64. The molecule has 0 fully saturated rings. The number of aromatic nitrogens is 1. The Labute approximate surface area is 109 Å². The molecule has 0 saturated heterocycles. The van der Waals surface area contributed by atoms with Gasteiger partial charge < -0.3 is 14.9 Å².